The lowest BCUT2D eigenvalue weighted by atomic mass is 9.76. The first-order chi connectivity index (χ1) is 8.24. The topological polar surface area (TPSA) is 55.8 Å². The van der Waals surface area contributed by atoms with Gasteiger partial charge in [0.25, 0.3) is 0 Å². The van der Waals surface area contributed by atoms with Crippen LogP contribution in [0.15, 0.2) is 0 Å². The molecule has 1 rings (SSSR count). The maximum atomic E-state index is 11.8. The molecule has 2 unspecified atom stereocenters. The highest BCUT2D eigenvalue weighted by atomic mass is 31.2. The summed E-state index contributed by atoms with van der Waals surface area (Å²) in [6.45, 7) is 8.74. The molecule has 0 aromatic carbocycles. The van der Waals surface area contributed by atoms with E-state index in [4.69, 9.17) is 9.05 Å². The van der Waals surface area contributed by atoms with Gasteiger partial charge in [0.05, 0.1) is 12.7 Å². The van der Waals surface area contributed by atoms with E-state index in [0.717, 1.165) is 32.1 Å². The fraction of sp³-hybridized carbons (Fsp3) is 1.00. The van der Waals surface area contributed by atoms with E-state index in [-0.39, 0.29) is 18.6 Å². The third kappa shape index (κ3) is 5.83. The van der Waals surface area contributed by atoms with Crippen LogP contribution in [0.3, 0.4) is 0 Å². The molecule has 0 radical (unpaired) electrons. The summed E-state index contributed by atoms with van der Waals surface area (Å²) in [5.74, 6) is 0.277. The van der Waals surface area contributed by atoms with Gasteiger partial charge in [-0.25, -0.2) is 4.57 Å². The number of hydrogen-bond acceptors (Lipinski definition) is 3. The molecular formula is C13H27O4P. The van der Waals surface area contributed by atoms with Gasteiger partial charge in [-0.05, 0) is 37.0 Å². The number of hydrogen-bond donors (Lipinski definition) is 1. The van der Waals surface area contributed by atoms with Gasteiger partial charge in [0.15, 0.2) is 0 Å². The second-order valence-corrected chi connectivity index (χ2v) is 7.65. The van der Waals surface area contributed by atoms with Gasteiger partial charge in [-0.1, -0.05) is 34.1 Å². The number of phosphoric acid groups is 1. The van der Waals surface area contributed by atoms with Crippen LogP contribution in [0.1, 0.15) is 59.8 Å². The van der Waals surface area contributed by atoms with Crippen LogP contribution < -0.4 is 0 Å². The van der Waals surface area contributed by atoms with Crippen LogP contribution in [0.25, 0.3) is 0 Å². The lowest BCUT2D eigenvalue weighted by Crippen LogP contribution is -2.26. The standard InChI is InChI=1S/C13H27O4P/c1-5-11(2)10-16-18(14,15)17-12-6-8-13(3,4)9-7-12/h11-12H,5-10H2,1-4H3,(H,14,15). The van der Waals surface area contributed by atoms with Crippen molar-refractivity contribution in [3.05, 3.63) is 0 Å². The molecule has 0 aliphatic heterocycles. The second kappa shape index (κ2) is 6.51. The molecule has 5 heteroatoms. The van der Waals surface area contributed by atoms with Crippen molar-refractivity contribution in [3.8, 4) is 0 Å². The Morgan fingerprint density at radius 1 is 1.39 bits per heavy atom. The third-order valence-electron chi connectivity index (χ3n) is 3.79. The molecule has 4 nitrogen and oxygen atoms in total. The van der Waals surface area contributed by atoms with Gasteiger partial charge < -0.3 is 4.89 Å². The molecule has 0 spiro atoms. The summed E-state index contributed by atoms with van der Waals surface area (Å²) in [6.07, 6.45) is 4.53. The average molecular weight is 278 g/mol. The predicted octanol–water partition coefficient (Wildman–Crippen LogP) is 4.13. The number of rotatable bonds is 6. The first-order valence-corrected chi connectivity index (χ1v) is 8.39. The molecule has 0 bridgehead atoms. The lowest BCUT2D eigenvalue weighted by molar-refractivity contribution is 0.0510. The van der Waals surface area contributed by atoms with Gasteiger partial charge in [-0.2, -0.15) is 0 Å². The van der Waals surface area contributed by atoms with Crippen LogP contribution in [0.4, 0.5) is 0 Å². The monoisotopic (exact) mass is 278 g/mol. The molecule has 1 aliphatic carbocycles. The minimum atomic E-state index is -3.87. The van der Waals surface area contributed by atoms with Crippen molar-refractivity contribution in [1.29, 1.82) is 0 Å². The van der Waals surface area contributed by atoms with E-state index in [1.54, 1.807) is 0 Å². The van der Waals surface area contributed by atoms with Crippen LogP contribution in [-0.4, -0.2) is 17.6 Å². The molecule has 108 valence electrons. The summed E-state index contributed by atoms with van der Waals surface area (Å²) >= 11 is 0. The highest BCUT2D eigenvalue weighted by Gasteiger charge is 2.33. The summed E-state index contributed by atoms with van der Waals surface area (Å²) in [6, 6.07) is 0. The first-order valence-electron chi connectivity index (χ1n) is 6.90. The van der Waals surface area contributed by atoms with Crippen molar-refractivity contribution in [2.75, 3.05) is 6.61 Å². The predicted molar refractivity (Wildman–Crippen MR) is 72.4 cm³/mol. The van der Waals surface area contributed by atoms with Gasteiger partial charge in [-0.3, -0.25) is 9.05 Å². The van der Waals surface area contributed by atoms with Gasteiger partial charge in [-0.15, -0.1) is 0 Å². The largest absolute Gasteiger partial charge is 0.472 e. The Labute approximate surface area is 111 Å². The zero-order valence-corrected chi connectivity index (χ0v) is 12.9. The second-order valence-electron chi connectivity index (χ2n) is 6.25. The molecule has 1 fully saturated rings. The highest BCUT2D eigenvalue weighted by molar-refractivity contribution is 7.47. The molecule has 0 aromatic heterocycles. The van der Waals surface area contributed by atoms with Crippen LogP contribution in [0.2, 0.25) is 0 Å². The molecule has 0 heterocycles. The Morgan fingerprint density at radius 2 is 1.94 bits per heavy atom. The minimum absolute atomic E-state index is 0.134. The van der Waals surface area contributed by atoms with Gasteiger partial charge >= 0.3 is 7.82 Å². The van der Waals surface area contributed by atoms with E-state index < -0.39 is 7.82 Å². The fourth-order valence-electron chi connectivity index (χ4n) is 2.04. The zero-order chi connectivity index (χ0) is 13.8. The third-order valence-corrected chi connectivity index (χ3v) is 4.83. The minimum Gasteiger partial charge on any atom is -0.302 e. The lowest BCUT2D eigenvalue weighted by Gasteiger charge is -2.34. The van der Waals surface area contributed by atoms with Crippen LogP contribution in [0.5, 0.6) is 0 Å². The Balaban J connectivity index is 2.35. The van der Waals surface area contributed by atoms with Crippen molar-refractivity contribution in [2.45, 2.75) is 65.9 Å². The summed E-state index contributed by atoms with van der Waals surface area (Å²) in [7, 11) is -3.87. The van der Waals surface area contributed by atoms with E-state index in [2.05, 4.69) is 13.8 Å². The van der Waals surface area contributed by atoms with Crippen LogP contribution in [0, 0.1) is 11.3 Å². The summed E-state index contributed by atoms with van der Waals surface area (Å²) in [5.41, 5.74) is 0.330. The SMILES string of the molecule is CCC(C)COP(=O)(O)OC1CCC(C)(C)CC1. The average Bonchev–Trinajstić information content (AvgIpc) is 2.29. The molecule has 0 amide bonds. The Morgan fingerprint density at radius 3 is 2.44 bits per heavy atom. The fourth-order valence-corrected chi connectivity index (χ4v) is 3.13. The van der Waals surface area contributed by atoms with Crippen molar-refractivity contribution in [3.63, 3.8) is 0 Å². The maximum Gasteiger partial charge on any atom is 0.472 e. The van der Waals surface area contributed by atoms with E-state index in [0.29, 0.717) is 5.41 Å². The Hall–Kier alpha value is 0.110. The molecule has 1 aliphatic rings. The molecule has 2 atom stereocenters. The van der Waals surface area contributed by atoms with Gasteiger partial charge in [0.1, 0.15) is 0 Å². The first kappa shape index (κ1) is 16.2. The summed E-state index contributed by atoms with van der Waals surface area (Å²) in [4.78, 5) is 9.65. The summed E-state index contributed by atoms with van der Waals surface area (Å²) in [5, 5.41) is 0. The highest BCUT2D eigenvalue weighted by Crippen LogP contribution is 2.48. The zero-order valence-electron chi connectivity index (χ0n) is 12.0. The molecular weight excluding hydrogens is 251 g/mol. The molecule has 18 heavy (non-hydrogen) atoms. The van der Waals surface area contributed by atoms with Crippen LogP contribution >= 0.6 is 7.82 Å². The normalized spacial score (nSPS) is 25.6. The van der Waals surface area contributed by atoms with Gasteiger partial charge in [0.2, 0.25) is 0 Å². The smallest absolute Gasteiger partial charge is 0.302 e. The molecule has 1 saturated carbocycles. The van der Waals surface area contributed by atoms with Gasteiger partial charge in [0, 0.05) is 0 Å². The van der Waals surface area contributed by atoms with E-state index in [1.165, 1.54) is 0 Å². The Kier molecular flexibility index (Phi) is 5.85. The van der Waals surface area contributed by atoms with E-state index in [9.17, 15) is 9.46 Å². The van der Waals surface area contributed by atoms with Crippen molar-refractivity contribution >= 4 is 7.82 Å². The quantitative estimate of drug-likeness (QED) is 0.742. The molecule has 1 N–H and O–H groups in total. The number of phosphoric ester groups is 1. The molecule has 0 saturated heterocycles. The summed E-state index contributed by atoms with van der Waals surface area (Å²) < 4.78 is 22.1. The Bertz CT molecular complexity index is 293. The van der Waals surface area contributed by atoms with Crippen molar-refractivity contribution < 1.29 is 18.5 Å². The van der Waals surface area contributed by atoms with Crippen LogP contribution in [-0.2, 0) is 13.6 Å². The van der Waals surface area contributed by atoms with Crippen molar-refractivity contribution in [1.82, 2.24) is 0 Å². The maximum absolute atomic E-state index is 11.8. The van der Waals surface area contributed by atoms with Crippen molar-refractivity contribution in [2.24, 2.45) is 11.3 Å². The molecule has 0 aromatic rings. The van der Waals surface area contributed by atoms with E-state index in [1.807, 2.05) is 13.8 Å². The van der Waals surface area contributed by atoms with E-state index >= 15 is 0 Å².